The van der Waals surface area contributed by atoms with Crippen molar-refractivity contribution in [2.45, 2.75) is 70.7 Å². The standard InChI is InChI=1S/C23H32N2O7S/c1-16-11-13-17(14-12-16)33(28,29)30-15-19(26)18-9-8-10-20(24-18)25(32-23(5,6)7)21(27)31-22(2,3)4/h8-14,19,26H,15H2,1-7H3/t19-/m1/s1. The van der Waals surface area contributed by atoms with E-state index in [1.54, 1.807) is 59.7 Å². The molecular formula is C23H32N2O7S. The highest BCUT2D eigenvalue weighted by Crippen LogP contribution is 2.24. The number of aromatic nitrogens is 1. The minimum absolute atomic E-state index is 0.0170. The Morgan fingerprint density at radius 1 is 1.03 bits per heavy atom. The van der Waals surface area contributed by atoms with Crippen LogP contribution >= 0.6 is 0 Å². The van der Waals surface area contributed by atoms with Crippen LogP contribution in [0, 0.1) is 6.92 Å². The monoisotopic (exact) mass is 480 g/mol. The van der Waals surface area contributed by atoms with Gasteiger partial charge in [-0.05, 0) is 72.7 Å². The molecule has 182 valence electrons. The minimum atomic E-state index is -4.06. The Balaban J connectivity index is 2.22. The number of benzene rings is 1. The fourth-order valence-electron chi connectivity index (χ4n) is 2.51. The Morgan fingerprint density at radius 3 is 2.18 bits per heavy atom. The number of aliphatic hydroxyl groups is 1. The van der Waals surface area contributed by atoms with Gasteiger partial charge in [0.25, 0.3) is 10.1 Å². The van der Waals surface area contributed by atoms with Crippen LogP contribution < -0.4 is 5.06 Å². The zero-order valence-corrected chi connectivity index (χ0v) is 20.8. The number of aryl methyl sites for hydroxylation is 1. The van der Waals surface area contributed by atoms with Gasteiger partial charge in [-0.3, -0.25) is 9.02 Å². The van der Waals surface area contributed by atoms with Gasteiger partial charge in [0.15, 0.2) is 5.82 Å². The molecule has 0 fully saturated rings. The molecule has 1 aromatic carbocycles. The van der Waals surface area contributed by atoms with E-state index in [-0.39, 0.29) is 16.4 Å². The van der Waals surface area contributed by atoms with Crippen molar-refractivity contribution in [2.75, 3.05) is 11.7 Å². The summed E-state index contributed by atoms with van der Waals surface area (Å²) in [6, 6.07) is 10.7. The van der Waals surface area contributed by atoms with Crippen molar-refractivity contribution in [1.82, 2.24) is 4.98 Å². The minimum Gasteiger partial charge on any atom is -0.442 e. The maximum absolute atomic E-state index is 12.7. The second kappa shape index (κ2) is 10.2. The molecule has 1 amide bonds. The number of amides is 1. The molecule has 2 rings (SSSR count). The Hall–Kier alpha value is -2.53. The Morgan fingerprint density at radius 2 is 1.64 bits per heavy atom. The summed E-state index contributed by atoms with van der Waals surface area (Å²) in [5.41, 5.74) is -0.524. The third kappa shape index (κ3) is 8.39. The van der Waals surface area contributed by atoms with Gasteiger partial charge in [-0.25, -0.2) is 9.78 Å². The van der Waals surface area contributed by atoms with Crippen LogP contribution in [-0.2, 0) is 23.9 Å². The van der Waals surface area contributed by atoms with Crippen LogP contribution in [0.3, 0.4) is 0 Å². The smallest absolute Gasteiger partial charge is 0.440 e. The highest BCUT2D eigenvalue weighted by atomic mass is 32.2. The van der Waals surface area contributed by atoms with Gasteiger partial charge in [-0.15, -0.1) is 5.06 Å². The average Bonchev–Trinajstić information content (AvgIpc) is 2.69. The van der Waals surface area contributed by atoms with Gasteiger partial charge in [-0.2, -0.15) is 8.42 Å². The van der Waals surface area contributed by atoms with Gasteiger partial charge in [0, 0.05) is 0 Å². The van der Waals surface area contributed by atoms with E-state index in [0.717, 1.165) is 10.6 Å². The SMILES string of the molecule is Cc1ccc(S(=O)(=O)OC[C@@H](O)c2cccc(N(OC(C)(C)C)C(=O)OC(C)(C)C)n2)cc1. The average molecular weight is 481 g/mol. The van der Waals surface area contributed by atoms with E-state index in [2.05, 4.69) is 4.98 Å². The summed E-state index contributed by atoms with van der Waals surface area (Å²) in [7, 11) is -4.06. The molecule has 0 bridgehead atoms. The van der Waals surface area contributed by atoms with E-state index >= 15 is 0 Å². The van der Waals surface area contributed by atoms with Crippen LogP contribution in [0.5, 0.6) is 0 Å². The molecule has 0 aliphatic carbocycles. The number of anilines is 1. The zero-order chi connectivity index (χ0) is 25.0. The van der Waals surface area contributed by atoms with Crippen LogP contribution in [-0.4, -0.2) is 42.4 Å². The Labute approximate surface area is 195 Å². The summed E-state index contributed by atoms with van der Waals surface area (Å²) in [5.74, 6) is 0.0668. The van der Waals surface area contributed by atoms with Crippen molar-refractivity contribution in [3.05, 3.63) is 53.7 Å². The lowest BCUT2D eigenvalue weighted by atomic mass is 10.2. The van der Waals surface area contributed by atoms with Crippen molar-refractivity contribution in [1.29, 1.82) is 0 Å². The second-order valence-electron chi connectivity index (χ2n) is 9.47. The van der Waals surface area contributed by atoms with Crippen molar-refractivity contribution >= 4 is 22.0 Å². The van der Waals surface area contributed by atoms with Crippen molar-refractivity contribution in [3.63, 3.8) is 0 Å². The molecule has 2 aromatic rings. The lowest BCUT2D eigenvalue weighted by molar-refractivity contribution is -0.0365. The molecule has 1 aromatic heterocycles. The maximum Gasteiger partial charge on any atom is 0.440 e. The molecule has 0 saturated carbocycles. The van der Waals surface area contributed by atoms with Gasteiger partial charge in [0.2, 0.25) is 0 Å². The van der Waals surface area contributed by atoms with E-state index < -0.39 is 40.1 Å². The summed E-state index contributed by atoms with van der Waals surface area (Å²) in [6.45, 7) is 11.7. The van der Waals surface area contributed by atoms with Crippen LogP contribution in [0.2, 0.25) is 0 Å². The molecule has 0 spiro atoms. The fraction of sp³-hybridized carbons (Fsp3) is 0.478. The predicted molar refractivity (Wildman–Crippen MR) is 123 cm³/mol. The van der Waals surface area contributed by atoms with Crippen molar-refractivity contribution in [2.24, 2.45) is 0 Å². The molecule has 0 saturated heterocycles. The Kier molecular flexibility index (Phi) is 8.23. The Bertz CT molecular complexity index is 1060. The number of hydrogen-bond donors (Lipinski definition) is 1. The number of pyridine rings is 1. The number of nitrogens with zero attached hydrogens (tertiary/aromatic N) is 2. The normalized spacial score (nSPS) is 13.5. The van der Waals surface area contributed by atoms with E-state index in [0.29, 0.717) is 0 Å². The predicted octanol–water partition coefficient (Wildman–Crippen LogP) is 4.30. The summed E-state index contributed by atoms with van der Waals surface area (Å²) in [5, 5.41) is 11.4. The van der Waals surface area contributed by atoms with Gasteiger partial charge in [0.05, 0.1) is 22.8 Å². The summed E-state index contributed by atoms with van der Waals surface area (Å²) < 4.78 is 35.2. The lowest BCUT2D eigenvalue weighted by Gasteiger charge is -2.31. The zero-order valence-electron chi connectivity index (χ0n) is 20.0. The first-order valence-corrected chi connectivity index (χ1v) is 11.8. The number of carbonyl (C=O) groups excluding carboxylic acids is 1. The van der Waals surface area contributed by atoms with Crippen molar-refractivity contribution < 1.29 is 32.1 Å². The molecule has 0 aliphatic heterocycles. The maximum atomic E-state index is 12.7. The van der Waals surface area contributed by atoms with E-state index in [4.69, 9.17) is 13.8 Å². The lowest BCUT2D eigenvalue weighted by Crippen LogP contribution is -2.42. The third-order valence-corrected chi connectivity index (χ3v) is 5.22. The highest BCUT2D eigenvalue weighted by molar-refractivity contribution is 7.86. The molecule has 1 heterocycles. The van der Waals surface area contributed by atoms with Gasteiger partial charge in [-0.1, -0.05) is 23.8 Å². The van der Waals surface area contributed by atoms with Crippen LogP contribution in [0.1, 0.15) is 58.9 Å². The van der Waals surface area contributed by atoms with Crippen LogP contribution in [0.25, 0.3) is 0 Å². The number of rotatable bonds is 7. The summed E-state index contributed by atoms with van der Waals surface area (Å²) >= 11 is 0. The third-order valence-electron chi connectivity index (χ3n) is 3.92. The fourth-order valence-corrected chi connectivity index (χ4v) is 3.42. The quantitative estimate of drug-likeness (QED) is 0.461. The molecule has 33 heavy (non-hydrogen) atoms. The van der Waals surface area contributed by atoms with E-state index in [1.165, 1.54) is 24.3 Å². The van der Waals surface area contributed by atoms with Crippen LogP contribution in [0.15, 0.2) is 47.4 Å². The number of ether oxygens (including phenoxy) is 1. The van der Waals surface area contributed by atoms with E-state index in [1.807, 2.05) is 6.92 Å². The number of carbonyl (C=O) groups is 1. The summed E-state index contributed by atoms with van der Waals surface area (Å²) in [6.07, 6.45) is -2.16. The topological polar surface area (TPSA) is 115 Å². The van der Waals surface area contributed by atoms with Crippen LogP contribution in [0.4, 0.5) is 10.6 Å². The molecule has 1 atom stereocenters. The van der Waals surface area contributed by atoms with Gasteiger partial charge < -0.3 is 9.84 Å². The molecular weight excluding hydrogens is 448 g/mol. The van der Waals surface area contributed by atoms with E-state index in [9.17, 15) is 18.3 Å². The first-order chi connectivity index (χ1) is 15.1. The summed E-state index contributed by atoms with van der Waals surface area (Å²) in [4.78, 5) is 22.7. The molecule has 0 radical (unpaired) electrons. The highest BCUT2D eigenvalue weighted by Gasteiger charge is 2.30. The molecule has 0 unspecified atom stereocenters. The second-order valence-corrected chi connectivity index (χ2v) is 11.1. The number of hydroxylamine groups is 1. The largest absolute Gasteiger partial charge is 0.442 e. The molecule has 0 aliphatic rings. The first kappa shape index (κ1) is 26.7. The van der Waals surface area contributed by atoms with Gasteiger partial charge >= 0.3 is 6.09 Å². The van der Waals surface area contributed by atoms with Gasteiger partial charge in [0.1, 0.15) is 11.7 Å². The number of aliphatic hydroxyl groups excluding tert-OH is 1. The molecule has 9 nitrogen and oxygen atoms in total. The molecule has 10 heteroatoms. The molecule has 1 N–H and O–H groups in total. The number of hydrogen-bond acceptors (Lipinski definition) is 8. The van der Waals surface area contributed by atoms with Crippen molar-refractivity contribution in [3.8, 4) is 0 Å². The first-order valence-electron chi connectivity index (χ1n) is 10.4.